The van der Waals surface area contributed by atoms with Crippen LogP contribution in [0.25, 0.3) is 0 Å². The fourth-order valence-corrected chi connectivity index (χ4v) is 2.70. The lowest BCUT2D eigenvalue weighted by molar-refractivity contribution is -0.145. The van der Waals surface area contributed by atoms with Crippen molar-refractivity contribution in [2.45, 2.75) is 46.0 Å². The molecule has 1 heterocycles. The molecule has 0 aliphatic carbocycles. The van der Waals surface area contributed by atoms with Crippen LogP contribution in [0.4, 0.5) is 0 Å². The van der Waals surface area contributed by atoms with Crippen LogP contribution in [0.5, 0.6) is 0 Å². The second kappa shape index (κ2) is 9.88. The van der Waals surface area contributed by atoms with E-state index in [2.05, 4.69) is 13.8 Å². The first-order valence-corrected chi connectivity index (χ1v) is 8.41. The van der Waals surface area contributed by atoms with Gasteiger partial charge in [0, 0.05) is 32.4 Å². The summed E-state index contributed by atoms with van der Waals surface area (Å²) in [5.74, 6) is -1.47. The van der Waals surface area contributed by atoms with Crippen molar-refractivity contribution < 1.29 is 14.7 Å². The van der Waals surface area contributed by atoms with Crippen LogP contribution in [0, 0.1) is 17.2 Å². The summed E-state index contributed by atoms with van der Waals surface area (Å²) in [5.41, 5.74) is 0.142. The third-order valence-corrected chi connectivity index (χ3v) is 4.10. The molecule has 6 heteroatoms. The molecule has 1 N–H and O–H groups in total. The first kappa shape index (κ1) is 19.0. The number of hydrogen-bond acceptors (Lipinski definition) is 4. The van der Waals surface area contributed by atoms with E-state index in [1.807, 2.05) is 11.0 Å². The zero-order valence-electron chi connectivity index (χ0n) is 14.1. The van der Waals surface area contributed by atoms with Crippen molar-refractivity contribution in [2.75, 3.05) is 26.2 Å². The molecule has 0 bridgehead atoms. The maximum atomic E-state index is 12.5. The molecule has 0 saturated carbocycles. The molecule has 23 heavy (non-hydrogen) atoms. The number of likely N-dealkylation sites (tertiary alicyclic amines) is 1. The van der Waals surface area contributed by atoms with Gasteiger partial charge in [-0.15, -0.1) is 0 Å². The highest BCUT2D eigenvalue weighted by molar-refractivity contribution is 5.97. The first-order chi connectivity index (χ1) is 11.0. The number of rotatable bonds is 8. The average molecular weight is 321 g/mol. The van der Waals surface area contributed by atoms with Crippen molar-refractivity contribution >= 4 is 11.9 Å². The summed E-state index contributed by atoms with van der Waals surface area (Å²) in [6.07, 6.45) is 5.62. The predicted octanol–water partition coefficient (Wildman–Crippen LogP) is 2.23. The van der Waals surface area contributed by atoms with Crippen molar-refractivity contribution in [2.24, 2.45) is 5.92 Å². The van der Waals surface area contributed by atoms with Crippen molar-refractivity contribution in [3.63, 3.8) is 0 Å². The van der Waals surface area contributed by atoms with Crippen LogP contribution < -0.4 is 0 Å². The molecule has 1 aliphatic heterocycles. The van der Waals surface area contributed by atoms with E-state index in [0.717, 1.165) is 32.4 Å². The minimum atomic E-state index is -0.804. The number of carbonyl (C=O) groups is 2. The second-order valence-electron chi connectivity index (χ2n) is 5.95. The van der Waals surface area contributed by atoms with Crippen LogP contribution in [-0.2, 0) is 9.59 Å². The van der Waals surface area contributed by atoms with Gasteiger partial charge in [-0.1, -0.05) is 20.3 Å². The zero-order chi connectivity index (χ0) is 17.2. The van der Waals surface area contributed by atoms with Crippen LogP contribution in [0.3, 0.4) is 0 Å². The van der Waals surface area contributed by atoms with Gasteiger partial charge in [0.25, 0.3) is 5.91 Å². The summed E-state index contributed by atoms with van der Waals surface area (Å²) < 4.78 is 0. The smallest absolute Gasteiger partial charge is 0.306 e. The van der Waals surface area contributed by atoms with Gasteiger partial charge >= 0.3 is 5.97 Å². The number of carbonyl (C=O) groups excluding carboxylic acids is 1. The second-order valence-corrected chi connectivity index (χ2v) is 5.95. The molecule has 128 valence electrons. The molecule has 1 aliphatic rings. The molecule has 0 aromatic carbocycles. The number of carboxylic acids is 1. The molecule has 1 amide bonds. The summed E-state index contributed by atoms with van der Waals surface area (Å²) in [6, 6.07) is 2.01. The summed E-state index contributed by atoms with van der Waals surface area (Å²) in [7, 11) is 0. The number of aliphatic carboxylic acids is 1. The number of hydrogen-bond donors (Lipinski definition) is 1. The number of amides is 1. The quantitative estimate of drug-likeness (QED) is 0.547. The third kappa shape index (κ3) is 5.93. The van der Waals surface area contributed by atoms with E-state index in [4.69, 9.17) is 5.11 Å². The molecule has 6 nitrogen and oxygen atoms in total. The summed E-state index contributed by atoms with van der Waals surface area (Å²) >= 11 is 0. The Morgan fingerprint density at radius 1 is 1.26 bits per heavy atom. The highest BCUT2D eigenvalue weighted by Crippen LogP contribution is 2.19. The fourth-order valence-electron chi connectivity index (χ4n) is 2.70. The molecule has 0 atom stereocenters. The van der Waals surface area contributed by atoms with Gasteiger partial charge in [0.1, 0.15) is 11.6 Å². The highest BCUT2D eigenvalue weighted by Gasteiger charge is 2.28. The Kier molecular flexibility index (Phi) is 8.17. The maximum absolute atomic E-state index is 12.5. The predicted molar refractivity (Wildman–Crippen MR) is 87.4 cm³/mol. The molecule has 1 rings (SSSR count). The van der Waals surface area contributed by atoms with Crippen LogP contribution >= 0.6 is 0 Å². The van der Waals surface area contributed by atoms with Gasteiger partial charge in [-0.2, -0.15) is 5.26 Å². The summed E-state index contributed by atoms with van der Waals surface area (Å²) in [6.45, 7) is 6.63. The van der Waals surface area contributed by atoms with Crippen LogP contribution in [-0.4, -0.2) is 53.0 Å². The Hall–Kier alpha value is -2.03. The van der Waals surface area contributed by atoms with E-state index in [9.17, 15) is 14.9 Å². The van der Waals surface area contributed by atoms with E-state index >= 15 is 0 Å². The van der Waals surface area contributed by atoms with Crippen molar-refractivity contribution in [1.29, 1.82) is 5.26 Å². The zero-order valence-corrected chi connectivity index (χ0v) is 14.1. The standard InChI is InChI=1S/C17H27N3O3/c1-3-5-9-19(8-4-2)13-15(12-18)16(21)20-10-6-14(7-11-20)17(22)23/h13-14H,3-11H2,1-2H3,(H,22,23)/b15-13-. The van der Waals surface area contributed by atoms with Gasteiger partial charge in [-0.3, -0.25) is 9.59 Å². The van der Waals surface area contributed by atoms with Crippen LogP contribution in [0.15, 0.2) is 11.8 Å². The molecule has 1 fully saturated rings. The van der Waals surface area contributed by atoms with Gasteiger partial charge in [0.05, 0.1) is 5.92 Å². The molecule has 0 radical (unpaired) electrons. The Balaban J connectivity index is 2.72. The maximum Gasteiger partial charge on any atom is 0.306 e. The lowest BCUT2D eigenvalue weighted by Crippen LogP contribution is -2.41. The fraction of sp³-hybridized carbons (Fsp3) is 0.706. The van der Waals surface area contributed by atoms with Gasteiger partial charge < -0.3 is 14.9 Å². The Bertz CT molecular complexity index is 474. The van der Waals surface area contributed by atoms with Gasteiger partial charge in [0.2, 0.25) is 0 Å². The van der Waals surface area contributed by atoms with Gasteiger partial charge in [-0.25, -0.2) is 0 Å². The lowest BCUT2D eigenvalue weighted by atomic mass is 9.97. The summed E-state index contributed by atoms with van der Waals surface area (Å²) in [5, 5.41) is 18.3. The monoisotopic (exact) mass is 321 g/mol. The molecule has 1 saturated heterocycles. The molecule has 0 aromatic rings. The van der Waals surface area contributed by atoms with Gasteiger partial charge in [-0.05, 0) is 25.7 Å². The Morgan fingerprint density at radius 3 is 2.39 bits per heavy atom. The lowest BCUT2D eigenvalue weighted by Gasteiger charge is -2.30. The van der Waals surface area contributed by atoms with E-state index < -0.39 is 5.97 Å². The molecule has 0 spiro atoms. The average Bonchev–Trinajstić information content (AvgIpc) is 2.56. The molecular formula is C17H27N3O3. The van der Waals surface area contributed by atoms with Crippen molar-refractivity contribution in [3.05, 3.63) is 11.8 Å². The van der Waals surface area contributed by atoms with Crippen molar-refractivity contribution in [3.8, 4) is 6.07 Å². The largest absolute Gasteiger partial charge is 0.481 e. The highest BCUT2D eigenvalue weighted by atomic mass is 16.4. The number of carboxylic acid groups (broad SMARTS) is 1. The third-order valence-electron chi connectivity index (χ3n) is 4.10. The van der Waals surface area contributed by atoms with Crippen LogP contribution in [0.2, 0.25) is 0 Å². The van der Waals surface area contributed by atoms with Crippen LogP contribution in [0.1, 0.15) is 46.0 Å². The van der Waals surface area contributed by atoms with E-state index in [1.54, 1.807) is 11.1 Å². The number of unbranched alkanes of at least 4 members (excludes halogenated alkanes) is 1. The Labute approximate surface area is 138 Å². The topological polar surface area (TPSA) is 84.6 Å². The molecule has 0 unspecified atom stereocenters. The number of nitrogens with zero attached hydrogens (tertiary/aromatic N) is 3. The van der Waals surface area contributed by atoms with E-state index in [-0.39, 0.29) is 17.4 Å². The molecular weight excluding hydrogens is 294 g/mol. The first-order valence-electron chi connectivity index (χ1n) is 8.41. The summed E-state index contributed by atoms with van der Waals surface area (Å²) in [4.78, 5) is 27.1. The van der Waals surface area contributed by atoms with E-state index in [1.165, 1.54) is 0 Å². The van der Waals surface area contributed by atoms with Crippen molar-refractivity contribution in [1.82, 2.24) is 9.80 Å². The van der Waals surface area contributed by atoms with E-state index in [0.29, 0.717) is 25.9 Å². The number of nitriles is 1. The number of piperidine rings is 1. The Morgan fingerprint density at radius 2 is 1.91 bits per heavy atom. The normalized spacial score (nSPS) is 16.0. The minimum Gasteiger partial charge on any atom is -0.481 e. The SMILES string of the molecule is CCCCN(/C=C(/C#N)C(=O)N1CCC(C(=O)O)CC1)CCC. The van der Waals surface area contributed by atoms with Gasteiger partial charge in [0.15, 0.2) is 0 Å². The molecule has 0 aromatic heterocycles. The minimum absolute atomic E-state index is 0.142.